The molecular weight excluding hydrogens is 150 g/mol. The molecule has 0 radical (unpaired) electrons. The summed E-state index contributed by atoms with van der Waals surface area (Å²) in [4.78, 5) is 0. The van der Waals surface area contributed by atoms with E-state index in [1.165, 1.54) is 32.2 Å². The Morgan fingerprint density at radius 1 is 1.50 bits per heavy atom. The molecule has 0 aromatic rings. The molecule has 1 saturated heterocycles. The van der Waals surface area contributed by atoms with Crippen molar-refractivity contribution >= 4 is 0 Å². The third-order valence-corrected chi connectivity index (χ3v) is 2.79. The molecule has 0 bridgehead atoms. The highest BCUT2D eigenvalue weighted by Gasteiger charge is 2.19. The molecule has 1 aliphatic heterocycles. The molecular formula is C10H21NO. The van der Waals surface area contributed by atoms with Gasteiger partial charge in [0, 0.05) is 19.8 Å². The quantitative estimate of drug-likeness (QED) is 0.651. The van der Waals surface area contributed by atoms with Crippen molar-refractivity contribution in [3.8, 4) is 0 Å². The largest absolute Gasteiger partial charge is 0.385 e. The van der Waals surface area contributed by atoms with Gasteiger partial charge in [-0.2, -0.15) is 0 Å². The second-order valence-electron chi connectivity index (χ2n) is 3.82. The average Bonchev–Trinajstić information content (AvgIpc) is 2.09. The molecule has 72 valence electrons. The Morgan fingerprint density at radius 2 is 2.33 bits per heavy atom. The number of ether oxygens (including phenoxy) is 1. The van der Waals surface area contributed by atoms with E-state index in [0.717, 1.165) is 18.6 Å². The van der Waals surface area contributed by atoms with Crippen LogP contribution in [0.1, 0.15) is 32.6 Å². The molecule has 1 rings (SSSR count). The van der Waals surface area contributed by atoms with E-state index in [2.05, 4.69) is 12.2 Å². The molecule has 2 unspecified atom stereocenters. The van der Waals surface area contributed by atoms with Crippen LogP contribution in [-0.2, 0) is 4.74 Å². The van der Waals surface area contributed by atoms with Crippen molar-refractivity contribution in [3.63, 3.8) is 0 Å². The van der Waals surface area contributed by atoms with Crippen molar-refractivity contribution in [3.05, 3.63) is 0 Å². The first-order valence-electron chi connectivity index (χ1n) is 5.07. The van der Waals surface area contributed by atoms with Crippen LogP contribution in [0.3, 0.4) is 0 Å². The number of hydrogen-bond donors (Lipinski definition) is 1. The maximum Gasteiger partial charge on any atom is 0.0462 e. The van der Waals surface area contributed by atoms with Crippen molar-refractivity contribution < 1.29 is 4.74 Å². The van der Waals surface area contributed by atoms with Crippen molar-refractivity contribution in [2.24, 2.45) is 5.92 Å². The van der Waals surface area contributed by atoms with E-state index < -0.39 is 0 Å². The Kier molecular flexibility index (Phi) is 4.62. The molecule has 0 aromatic heterocycles. The van der Waals surface area contributed by atoms with Crippen LogP contribution in [0.2, 0.25) is 0 Å². The highest BCUT2D eigenvalue weighted by Crippen LogP contribution is 2.18. The third kappa shape index (κ3) is 3.11. The van der Waals surface area contributed by atoms with Crippen molar-refractivity contribution in [1.29, 1.82) is 0 Å². The second kappa shape index (κ2) is 5.55. The SMILES string of the molecule is COCCCC1NCCCC1C. The summed E-state index contributed by atoms with van der Waals surface area (Å²) in [5, 5.41) is 3.57. The number of nitrogens with one attached hydrogen (secondary N) is 1. The van der Waals surface area contributed by atoms with E-state index >= 15 is 0 Å². The smallest absolute Gasteiger partial charge is 0.0462 e. The molecule has 1 N–H and O–H groups in total. The summed E-state index contributed by atoms with van der Waals surface area (Å²) in [6.07, 6.45) is 5.21. The normalized spacial score (nSPS) is 30.5. The van der Waals surface area contributed by atoms with Gasteiger partial charge >= 0.3 is 0 Å². The van der Waals surface area contributed by atoms with Crippen LogP contribution in [0.4, 0.5) is 0 Å². The fraction of sp³-hybridized carbons (Fsp3) is 1.00. The lowest BCUT2D eigenvalue weighted by molar-refractivity contribution is 0.179. The van der Waals surface area contributed by atoms with Crippen LogP contribution >= 0.6 is 0 Å². The first-order valence-corrected chi connectivity index (χ1v) is 5.07. The van der Waals surface area contributed by atoms with E-state index in [-0.39, 0.29) is 0 Å². The van der Waals surface area contributed by atoms with Crippen molar-refractivity contribution in [2.45, 2.75) is 38.6 Å². The lowest BCUT2D eigenvalue weighted by atomic mass is 9.90. The lowest BCUT2D eigenvalue weighted by Gasteiger charge is -2.30. The zero-order chi connectivity index (χ0) is 8.81. The topological polar surface area (TPSA) is 21.3 Å². The van der Waals surface area contributed by atoms with E-state index in [0.29, 0.717) is 0 Å². The fourth-order valence-corrected chi connectivity index (χ4v) is 1.95. The van der Waals surface area contributed by atoms with Crippen molar-refractivity contribution in [1.82, 2.24) is 5.32 Å². The van der Waals surface area contributed by atoms with Crippen molar-refractivity contribution in [2.75, 3.05) is 20.3 Å². The maximum absolute atomic E-state index is 5.04. The summed E-state index contributed by atoms with van der Waals surface area (Å²) < 4.78 is 5.04. The molecule has 2 heteroatoms. The summed E-state index contributed by atoms with van der Waals surface area (Å²) in [5.41, 5.74) is 0. The van der Waals surface area contributed by atoms with Gasteiger partial charge in [-0.3, -0.25) is 0 Å². The van der Waals surface area contributed by atoms with Crippen LogP contribution < -0.4 is 5.32 Å². The minimum atomic E-state index is 0.744. The molecule has 1 aliphatic rings. The lowest BCUT2D eigenvalue weighted by Crippen LogP contribution is -2.40. The number of rotatable bonds is 4. The van der Waals surface area contributed by atoms with Gasteiger partial charge in [-0.25, -0.2) is 0 Å². The summed E-state index contributed by atoms with van der Waals surface area (Å²) >= 11 is 0. The molecule has 0 spiro atoms. The average molecular weight is 171 g/mol. The van der Waals surface area contributed by atoms with Gasteiger partial charge in [-0.1, -0.05) is 6.92 Å². The Hall–Kier alpha value is -0.0800. The van der Waals surface area contributed by atoms with Crippen LogP contribution in [0.5, 0.6) is 0 Å². The van der Waals surface area contributed by atoms with Gasteiger partial charge in [-0.05, 0) is 38.1 Å². The Balaban J connectivity index is 2.11. The maximum atomic E-state index is 5.04. The molecule has 2 nitrogen and oxygen atoms in total. The second-order valence-corrected chi connectivity index (χ2v) is 3.82. The molecule has 12 heavy (non-hydrogen) atoms. The van der Waals surface area contributed by atoms with Gasteiger partial charge in [-0.15, -0.1) is 0 Å². The third-order valence-electron chi connectivity index (χ3n) is 2.79. The molecule has 1 fully saturated rings. The van der Waals surface area contributed by atoms with Gasteiger partial charge in [0.1, 0.15) is 0 Å². The van der Waals surface area contributed by atoms with Gasteiger partial charge in [0.2, 0.25) is 0 Å². The fourth-order valence-electron chi connectivity index (χ4n) is 1.95. The van der Waals surface area contributed by atoms with Gasteiger partial charge in [0.05, 0.1) is 0 Å². The van der Waals surface area contributed by atoms with Crippen LogP contribution in [0.25, 0.3) is 0 Å². The molecule has 0 aromatic carbocycles. The summed E-state index contributed by atoms with van der Waals surface area (Å²) in [6.45, 7) is 4.47. The van der Waals surface area contributed by atoms with Gasteiger partial charge < -0.3 is 10.1 Å². The van der Waals surface area contributed by atoms with Crippen LogP contribution in [0, 0.1) is 5.92 Å². The molecule has 0 aliphatic carbocycles. The summed E-state index contributed by atoms with van der Waals surface area (Å²) in [5.74, 6) is 0.857. The standard InChI is InChI=1S/C10H21NO/c1-9-5-3-7-11-10(9)6-4-8-12-2/h9-11H,3-8H2,1-2H3. The predicted octanol–water partition coefficient (Wildman–Crippen LogP) is 1.80. The number of methoxy groups -OCH3 is 1. The molecule has 0 saturated carbocycles. The van der Waals surface area contributed by atoms with E-state index in [4.69, 9.17) is 4.74 Å². The van der Waals surface area contributed by atoms with Gasteiger partial charge in [0.25, 0.3) is 0 Å². The molecule has 2 atom stereocenters. The monoisotopic (exact) mass is 171 g/mol. The minimum Gasteiger partial charge on any atom is -0.385 e. The zero-order valence-electron chi connectivity index (χ0n) is 8.31. The first kappa shape index (κ1) is 10.0. The Labute approximate surface area is 75.7 Å². The Morgan fingerprint density at radius 3 is 3.00 bits per heavy atom. The van der Waals surface area contributed by atoms with E-state index in [1.807, 2.05) is 0 Å². The summed E-state index contributed by atoms with van der Waals surface area (Å²) in [6, 6.07) is 0.744. The highest BCUT2D eigenvalue weighted by atomic mass is 16.5. The van der Waals surface area contributed by atoms with E-state index in [9.17, 15) is 0 Å². The Bertz CT molecular complexity index is 116. The van der Waals surface area contributed by atoms with Gasteiger partial charge in [0.15, 0.2) is 0 Å². The highest BCUT2D eigenvalue weighted by molar-refractivity contribution is 4.77. The molecule has 0 amide bonds. The number of hydrogen-bond acceptors (Lipinski definition) is 2. The number of piperidine rings is 1. The van der Waals surface area contributed by atoms with Crippen LogP contribution in [-0.4, -0.2) is 26.3 Å². The van der Waals surface area contributed by atoms with Crippen LogP contribution in [0.15, 0.2) is 0 Å². The molecule has 1 heterocycles. The van der Waals surface area contributed by atoms with E-state index in [1.54, 1.807) is 7.11 Å². The first-order chi connectivity index (χ1) is 5.84. The predicted molar refractivity (Wildman–Crippen MR) is 51.3 cm³/mol. The zero-order valence-corrected chi connectivity index (χ0v) is 8.31. The minimum absolute atomic E-state index is 0.744. The summed E-state index contributed by atoms with van der Waals surface area (Å²) in [7, 11) is 1.78.